The van der Waals surface area contributed by atoms with E-state index in [9.17, 15) is 13.2 Å². The van der Waals surface area contributed by atoms with Gasteiger partial charge in [-0.3, -0.25) is 4.79 Å². The molecule has 1 fully saturated rings. The van der Waals surface area contributed by atoms with Gasteiger partial charge in [0.05, 0.1) is 12.8 Å². The van der Waals surface area contributed by atoms with Crippen molar-refractivity contribution in [3.8, 4) is 0 Å². The number of sulfonamides is 1. The number of thiophene rings is 1. The third-order valence-corrected chi connectivity index (χ3v) is 6.48. The van der Waals surface area contributed by atoms with Crippen molar-refractivity contribution in [2.45, 2.75) is 32.7 Å². The van der Waals surface area contributed by atoms with Crippen molar-refractivity contribution >= 4 is 27.3 Å². The zero-order valence-electron chi connectivity index (χ0n) is 13.1. The molecule has 1 amide bonds. The lowest BCUT2D eigenvalue weighted by atomic mass is 9.82. The van der Waals surface area contributed by atoms with Gasteiger partial charge in [0.2, 0.25) is 15.9 Å². The van der Waals surface area contributed by atoms with E-state index >= 15 is 0 Å². The SMILES string of the molecule is CC[C@@H]1CN(S(C)(=O)=O)CC[C@H]1CC(=O)NCc1cccs1. The summed E-state index contributed by atoms with van der Waals surface area (Å²) in [5, 5.41) is 4.95. The Hall–Kier alpha value is -0.920. The molecule has 0 radical (unpaired) electrons. The molecule has 0 aliphatic carbocycles. The van der Waals surface area contributed by atoms with Crippen LogP contribution in [0, 0.1) is 11.8 Å². The van der Waals surface area contributed by atoms with Crippen molar-refractivity contribution in [2.24, 2.45) is 11.8 Å². The first-order valence-corrected chi connectivity index (χ1v) is 10.4. The van der Waals surface area contributed by atoms with Gasteiger partial charge in [0.15, 0.2) is 0 Å². The molecule has 1 saturated heterocycles. The van der Waals surface area contributed by atoms with Gasteiger partial charge in [0, 0.05) is 24.4 Å². The van der Waals surface area contributed by atoms with E-state index < -0.39 is 10.0 Å². The third kappa shape index (κ3) is 4.79. The molecule has 0 bridgehead atoms. The second-order valence-corrected chi connectivity index (χ2v) is 8.91. The second-order valence-electron chi connectivity index (χ2n) is 5.90. The minimum atomic E-state index is -3.13. The lowest BCUT2D eigenvalue weighted by Gasteiger charge is -2.36. The van der Waals surface area contributed by atoms with Gasteiger partial charge >= 0.3 is 0 Å². The predicted molar refractivity (Wildman–Crippen MR) is 89.1 cm³/mol. The summed E-state index contributed by atoms with van der Waals surface area (Å²) in [6.45, 7) is 3.71. The molecule has 1 aliphatic heterocycles. The quantitative estimate of drug-likeness (QED) is 0.859. The molecule has 0 aromatic carbocycles. The van der Waals surface area contributed by atoms with Gasteiger partial charge < -0.3 is 5.32 Å². The van der Waals surface area contributed by atoms with Crippen molar-refractivity contribution in [1.82, 2.24) is 9.62 Å². The fourth-order valence-corrected chi connectivity index (χ4v) is 4.53. The summed E-state index contributed by atoms with van der Waals surface area (Å²) in [7, 11) is -3.13. The fraction of sp³-hybridized carbons (Fsp3) is 0.667. The normalized spacial score (nSPS) is 23.4. The van der Waals surface area contributed by atoms with E-state index in [2.05, 4.69) is 12.2 Å². The Morgan fingerprint density at radius 3 is 2.82 bits per heavy atom. The van der Waals surface area contributed by atoms with E-state index in [1.54, 1.807) is 15.6 Å². The van der Waals surface area contributed by atoms with Crippen molar-refractivity contribution < 1.29 is 13.2 Å². The van der Waals surface area contributed by atoms with Crippen LogP contribution in [0.25, 0.3) is 0 Å². The standard InChI is InChI=1S/C15H24N2O3S2/c1-3-12-11-17(22(2,19)20)7-6-13(12)9-15(18)16-10-14-5-4-8-21-14/h4-5,8,12-13H,3,6-7,9-11H2,1-2H3,(H,16,18)/t12-,13+/m1/s1. The van der Waals surface area contributed by atoms with E-state index in [1.165, 1.54) is 6.26 Å². The molecule has 0 saturated carbocycles. The Balaban J connectivity index is 1.85. The molecule has 124 valence electrons. The molecule has 2 atom stereocenters. The van der Waals surface area contributed by atoms with E-state index in [4.69, 9.17) is 0 Å². The van der Waals surface area contributed by atoms with Crippen LogP contribution in [0.5, 0.6) is 0 Å². The van der Waals surface area contributed by atoms with Gasteiger partial charge in [-0.1, -0.05) is 19.4 Å². The van der Waals surface area contributed by atoms with Crippen molar-refractivity contribution in [2.75, 3.05) is 19.3 Å². The van der Waals surface area contributed by atoms with E-state index in [0.29, 0.717) is 26.1 Å². The highest BCUT2D eigenvalue weighted by atomic mass is 32.2. The van der Waals surface area contributed by atoms with Crippen molar-refractivity contribution in [1.29, 1.82) is 0 Å². The maximum Gasteiger partial charge on any atom is 0.220 e. The highest BCUT2D eigenvalue weighted by Gasteiger charge is 2.32. The Morgan fingerprint density at radius 1 is 1.45 bits per heavy atom. The van der Waals surface area contributed by atoms with Gasteiger partial charge in [-0.05, 0) is 29.7 Å². The van der Waals surface area contributed by atoms with E-state index in [1.807, 2.05) is 17.5 Å². The number of carbonyl (C=O) groups is 1. The van der Waals surface area contributed by atoms with Crippen LogP contribution < -0.4 is 5.32 Å². The molecule has 1 aliphatic rings. The van der Waals surface area contributed by atoms with Crippen LogP contribution in [-0.4, -0.2) is 38.0 Å². The Kier molecular flexibility index (Phi) is 6.00. The van der Waals surface area contributed by atoms with Crippen LogP contribution in [0.1, 0.15) is 31.1 Å². The smallest absolute Gasteiger partial charge is 0.220 e. The summed E-state index contributed by atoms with van der Waals surface area (Å²) in [5.74, 6) is 0.590. The molecular weight excluding hydrogens is 320 g/mol. The lowest BCUT2D eigenvalue weighted by molar-refractivity contribution is -0.122. The highest BCUT2D eigenvalue weighted by molar-refractivity contribution is 7.88. The third-order valence-electron chi connectivity index (χ3n) is 4.33. The van der Waals surface area contributed by atoms with Gasteiger partial charge in [-0.25, -0.2) is 12.7 Å². The lowest BCUT2D eigenvalue weighted by Crippen LogP contribution is -2.44. The fourth-order valence-electron chi connectivity index (χ4n) is 2.99. The molecule has 1 aromatic rings. The van der Waals surface area contributed by atoms with Gasteiger partial charge in [0.1, 0.15) is 0 Å². The van der Waals surface area contributed by atoms with Crippen LogP contribution >= 0.6 is 11.3 Å². The average Bonchev–Trinajstić information content (AvgIpc) is 2.97. The van der Waals surface area contributed by atoms with E-state index in [0.717, 1.165) is 17.7 Å². The molecule has 5 nitrogen and oxygen atoms in total. The number of hydrogen-bond acceptors (Lipinski definition) is 4. The number of nitrogens with zero attached hydrogens (tertiary/aromatic N) is 1. The van der Waals surface area contributed by atoms with Gasteiger partial charge in [0.25, 0.3) is 0 Å². The minimum Gasteiger partial charge on any atom is -0.351 e. The van der Waals surface area contributed by atoms with Crippen LogP contribution in [0.15, 0.2) is 17.5 Å². The zero-order chi connectivity index (χ0) is 16.2. The monoisotopic (exact) mass is 344 g/mol. The zero-order valence-corrected chi connectivity index (χ0v) is 14.8. The summed E-state index contributed by atoms with van der Waals surface area (Å²) < 4.78 is 24.9. The Labute approximate surface area is 136 Å². The highest BCUT2D eigenvalue weighted by Crippen LogP contribution is 2.30. The number of nitrogens with one attached hydrogen (secondary N) is 1. The molecule has 7 heteroatoms. The number of rotatable bonds is 6. The first-order valence-electron chi connectivity index (χ1n) is 7.64. The van der Waals surface area contributed by atoms with Crippen molar-refractivity contribution in [3.63, 3.8) is 0 Å². The summed E-state index contributed by atoms with van der Waals surface area (Å²) in [4.78, 5) is 13.3. The maximum atomic E-state index is 12.1. The van der Waals surface area contributed by atoms with Gasteiger partial charge in [-0.2, -0.15) is 0 Å². The molecular formula is C15H24N2O3S2. The average molecular weight is 345 g/mol. The predicted octanol–water partition coefficient (Wildman–Crippen LogP) is 2.06. The van der Waals surface area contributed by atoms with Crippen LogP contribution in [0.4, 0.5) is 0 Å². The first kappa shape index (κ1) is 17.4. The summed E-state index contributed by atoms with van der Waals surface area (Å²) in [6.07, 6.45) is 3.40. The maximum absolute atomic E-state index is 12.1. The first-order chi connectivity index (χ1) is 10.4. The number of amides is 1. The molecule has 0 unspecified atom stereocenters. The molecule has 2 rings (SSSR count). The Bertz CT molecular complexity index is 584. The molecule has 1 aromatic heterocycles. The number of hydrogen-bond donors (Lipinski definition) is 1. The Morgan fingerprint density at radius 2 is 2.23 bits per heavy atom. The summed E-state index contributed by atoms with van der Waals surface area (Å²) in [5.41, 5.74) is 0. The van der Waals surface area contributed by atoms with Crippen molar-refractivity contribution in [3.05, 3.63) is 22.4 Å². The van der Waals surface area contributed by atoms with Gasteiger partial charge in [-0.15, -0.1) is 11.3 Å². The topological polar surface area (TPSA) is 66.5 Å². The molecule has 0 spiro atoms. The number of carbonyl (C=O) groups excluding carboxylic acids is 1. The van der Waals surface area contributed by atoms with E-state index in [-0.39, 0.29) is 17.7 Å². The molecule has 2 heterocycles. The van der Waals surface area contributed by atoms with Crippen LogP contribution in [0.2, 0.25) is 0 Å². The molecule has 22 heavy (non-hydrogen) atoms. The molecule has 1 N–H and O–H groups in total. The summed E-state index contributed by atoms with van der Waals surface area (Å²) in [6, 6.07) is 3.98. The summed E-state index contributed by atoms with van der Waals surface area (Å²) >= 11 is 1.63. The second kappa shape index (κ2) is 7.57. The number of piperidine rings is 1. The van der Waals surface area contributed by atoms with Crippen LogP contribution in [-0.2, 0) is 21.4 Å². The minimum absolute atomic E-state index is 0.0599. The van der Waals surface area contributed by atoms with Crippen LogP contribution in [0.3, 0.4) is 0 Å². The largest absolute Gasteiger partial charge is 0.351 e.